The maximum absolute atomic E-state index is 12.1. The second kappa shape index (κ2) is 6.11. The molecule has 3 rings (SSSR count). The Morgan fingerprint density at radius 2 is 2.22 bits per heavy atom. The third-order valence-electron chi connectivity index (χ3n) is 3.17. The van der Waals surface area contributed by atoms with Crippen LogP contribution in [0, 0.1) is 11.3 Å². The van der Waals surface area contributed by atoms with Crippen molar-refractivity contribution in [3.63, 3.8) is 0 Å². The number of aromatic nitrogens is 4. The smallest absolute Gasteiger partial charge is 0.251 e. The number of carbonyl (C=O) groups is 1. The molecule has 2 heterocycles. The van der Waals surface area contributed by atoms with Gasteiger partial charge in [0, 0.05) is 11.6 Å². The number of carbonyl (C=O) groups excluding carboxylic acids is 1. The summed E-state index contributed by atoms with van der Waals surface area (Å²) in [5, 5.41) is 23.8. The molecule has 0 aliphatic heterocycles. The van der Waals surface area contributed by atoms with Crippen molar-refractivity contribution < 1.29 is 9.53 Å². The Balaban J connectivity index is 1.77. The molecule has 3 aromatic rings. The fraction of sp³-hybridized carbons (Fsp3) is 0.133. The fourth-order valence-corrected chi connectivity index (χ4v) is 2.03. The molecule has 2 aromatic heterocycles. The molecule has 0 unspecified atom stereocenters. The van der Waals surface area contributed by atoms with Gasteiger partial charge in [0.05, 0.1) is 25.3 Å². The molecular formula is C15H12N6O2. The molecule has 0 saturated heterocycles. The van der Waals surface area contributed by atoms with E-state index in [0.29, 0.717) is 28.5 Å². The molecule has 8 nitrogen and oxygen atoms in total. The summed E-state index contributed by atoms with van der Waals surface area (Å²) in [5.74, 6) is 0.594. The van der Waals surface area contributed by atoms with E-state index in [1.165, 1.54) is 17.7 Å². The predicted octanol–water partition coefficient (Wildman–Crippen LogP) is 0.935. The molecule has 0 spiro atoms. The number of nitrogens with one attached hydrogen (secondary N) is 1. The number of hydrogen-bond donors (Lipinski definition) is 1. The number of nitrogens with zero attached hydrogens (tertiary/aromatic N) is 5. The molecule has 0 bridgehead atoms. The van der Waals surface area contributed by atoms with E-state index in [2.05, 4.69) is 20.6 Å². The number of methoxy groups -OCH3 is 1. The molecule has 0 radical (unpaired) electrons. The molecular weight excluding hydrogens is 296 g/mol. The van der Waals surface area contributed by atoms with Crippen LogP contribution in [0.25, 0.3) is 5.65 Å². The topological polar surface area (TPSA) is 105 Å². The van der Waals surface area contributed by atoms with E-state index in [0.717, 1.165) is 0 Å². The Morgan fingerprint density at radius 1 is 1.35 bits per heavy atom. The maximum Gasteiger partial charge on any atom is 0.251 e. The first-order valence-corrected chi connectivity index (χ1v) is 6.75. The summed E-state index contributed by atoms with van der Waals surface area (Å²) in [4.78, 5) is 12.1. The molecule has 0 atom stereocenters. The zero-order valence-electron chi connectivity index (χ0n) is 12.2. The van der Waals surface area contributed by atoms with Crippen molar-refractivity contribution in [1.29, 1.82) is 5.26 Å². The average Bonchev–Trinajstić information content (AvgIpc) is 3.01. The molecule has 0 fully saturated rings. The first-order chi connectivity index (χ1) is 11.2. The van der Waals surface area contributed by atoms with E-state index in [-0.39, 0.29) is 12.5 Å². The number of ether oxygens (including phenoxy) is 1. The summed E-state index contributed by atoms with van der Waals surface area (Å²) in [6.45, 7) is 0.150. The molecule has 1 amide bonds. The van der Waals surface area contributed by atoms with Crippen LogP contribution in [0.15, 0.2) is 36.4 Å². The van der Waals surface area contributed by atoms with Crippen LogP contribution in [0.4, 0.5) is 0 Å². The highest BCUT2D eigenvalue weighted by molar-refractivity contribution is 5.94. The van der Waals surface area contributed by atoms with Gasteiger partial charge in [0.1, 0.15) is 0 Å². The highest BCUT2D eigenvalue weighted by Crippen LogP contribution is 2.09. The zero-order valence-corrected chi connectivity index (χ0v) is 12.2. The van der Waals surface area contributed by atoms with Crippen molar-refractivity contribution in [2.75, 3.05) is 7.11 Å². The van der Waals surface area contributed by atoms with Crippen LogP contribution in [0.5, 0.6) is 5.88 Å². The molecule has 0 saturated carbocycles. The van der Waals surface area contributed by atoms with E-state index >= 15 is 0 Å². The highest BCUT2D eigenvalue weighted by Gasteiger charge is 2.11. The Kier molecular flexibility index (Phi) is 3.84. The summed E-state index contributed by atoms with van der Waals surface area (Å²) < 4.78 is 6.57. The van der Waals surface area contributed by atoms with Crippen molar-refractivity contribution in [3.8, 4) is 11.9 Å². The second-order valence-corrected chi connectivity index (χ2v) is 4.64. The largest absolute Gasteiger partial charge is 0.480 e. The lowest BCUT2D eigenvalue weighted by molar-refractivity contribution is 0.0949. The number of amides is 1. The number of rotatable bonds is 4. The van der Waals surface area contributed by atoms with E-state index in [1.807, 2.05) is 6.07 Å². The lowest BCUT2D eigenvalue weighted by atomic mass is 10.1. The predicted molar refractivity (Wildman–Crippen MR) is 79.7 cm³/mol. The van der Waals surface area contributed by atoms with Crippen LogP contribution < -0.4 is 10.1 Å². The Labute approximate surface area is 131 Å². The lowest BCUT2D eigenvalue weighted by Gasteiger charge is -2.05. The number of nitriles is 1. The van der Waals surface area contributed by atoms with E-state index in [4.69, 9.17) is 10.00 Å². The van der Waals surface area contributed by atoms with Crippen molar-refractivity contribution in [2.24, 2.45) is 0 Å². The first kappa shape index (κ1) is 14.5. The zero-order chi connectivity index (χ0) is 16.2. The molecule has 0 aliphatic carbocycles. The van der Waals surface area contributed by atoms with E-state index in [9.17, 15) is 4.79 Å². The molecule has 114 valence electrons. The first-order valence-electron chi connectivity index (χ1n) is 6.75. The summed E-state index contributed by atoms with van der Waals surface area (Å²) in [6.07, 6.45) is 0. The molecule has 1 N–H and O–H groups in total. The van der Waals surface area contributed by atoms with Gasteiger partial charge >= 0.3 is 0 Å². The molecule has 8 heteroatoms. The van der Waals surface area contributed by atoms with E-state index < -0.39 is 0 Å². The Hall–Kier alpha value is -3.47. The highest BCUT2D eigenvalue weighted by atomic mass is 16.5. The van der Waals surface area contributed by atoms with Crippen LogP contribution >= 0.6 is 0 Å². The third kappa shape index (κ3) is 2.94. The third-order valence-corrected chi connectivity index (χ3v) is 3.17. The van der Waals surface area contributed by atoms with Gasteiger partial charge < -0.3 is 10.1 Å². The minimum Gasteiger partial charge on any atom is -0.480 e. The number of fused-ring (bicyclic) bond motifs is 1. The van der Waals surface area contributed by atoms with Gasteiger partial charge in [-0.1, -0.05) is 6.07 Å². The molecule has 1 aromatic carbocycles. The SMILES string of the molecule is COc1ccc2nnc(CNC(=O)c3cccc(C#N)c3)n2n1. The number of benzene rings is 1. The van der Waals surface area contributed by atoms with Crippen LogP contribution in [0.2, 0.25) is 0 Å². The minimum atomic E-state index is -0.304. The normalized spacial score (nSPS) is 10.3. The summed E-state index contributed by atoms with van der Waals surface area (Å²) >= 11 is 0. The van der Waals surface area contributed by atoms with Gasteiger partial charge in [0.2, 0.25) is 5.88 Å². The van der Waals surface area contributed by atoms with E-state index in [1.54, 1.807) is 30.3 Å². The van der Waals surface area contributed by atoms with Gasteiger partial charge in [-0.2, -0.15) is 9.78 Å². The standard InChI is InChI=1S/C15H12N6O2/c1-23-14-6-5-12-18-19-13(21(12)20-14)9-17-15(22)11-4-2-3-10(7-11)8-16/h2-7H,9H2,1H3,(H,17,22). The Morgan fingerprint density at radius 3 is 3.00 bits per heavy atom. The maximum atomic E-state index is 12.1. The molecule has 23 heavy (non-hydrogen) atoms. The average molecular weight is 308 g/mol. The van der Waals surface area contributed by atoms with Gasteiger partial charge in [-0.05, 0) is 24.3 Å². The van der Waals surface area contributed by atoms with Crippen LogP contribution in [0.1, 0.15) is 21.7 Å². The van der Waals surface area contributed by atoms with Gasteiger partial charge in [-0.15, -0.1) is 15.3 Å². The van der Waals surface area contributed by atoms with Gasteiger partial charge in [-0.3, -0.25) is 4.79 Å². The second-order valence-electron chi connectivity index (χ2n) is 4.64. The van der Waals surface area contributed by atoms with Crippen molar-refractivity contribution in [2.45, 2.75) is 6.54 Å². The summed E-state index contributed by atoms with van der Waals surface area (Å²) in [7, 11) is 1.52. The molecule has 0 aliphatic rings. The summed E-state index contributed by atoms with van der Waals surface area (Å²) in [5.41, 5.74) is 1.39. The summed E-state index contributed by atoms with van der Waals surface area (Å²) in [6, 6.07) is 11.9. The monoisotopic (exact) mass is 308 g/mol. The van der Waals surface area contributed by atoms with Crippen molar-refractivity contribution >= 4 is 11.6 Å². The Bertz CT molecular complexity index is 912. The lowest BCUT2D eigenvalue weighted by Crippen LogP contribution is -2.24. The minimum absolute atomic E-state index is 0.150. The number of hydrogen-bond acceptors (Lipinski definition) is 6. The fourth-order valence-electron chi connectivity index (χ4n) is 2.03. The van der Waals surface area contributed by atoms with Crippen molar-refractivity contribution in [1.82, 2.24) is 25.1 Å². The quantitative estimate of drug-likeness (QED) is 0.769. The van der Waals surface area contributed by atoms with Gasteiger partial charge in [0.15, 0.2) is 11.5 Å². The van der Waals surface area contributed by atoms with Gasteiger partial charge in [0.25, 0.3) is 5.91 Å². The van der Waals surface area contributed by atoms with Crippen molar-refractivity contribution in [3.05, 3.63) is 53.3 Å². The van der Waals surface area contributed by atoms with Crippen LogP contribution in [0.3, 0.4) is 0 Å². The van der Waals surface area contributed by atoms with Gasteiger partial charge in [-0.25, -0.2) is 0 Å². The van der Waals surface area contributed by atoms with Crippen LogP contribution in [-0.4, -0.2) is 32.8 Å². The van der Waals surface area contributed by atoms with Crippen LogP contribution in [-0.2, 0) is 6.54 Å².